The van der Waals surface area contributed by atoms with Gasteiger partial charge in [-0.3, -0.25) is 9.97 Å². The highest BCUT2D eigenvalue weighted by Crippen LogP contribution is 2.30. The van der Waals surface area contributed by atoms with Gasteiger partial charge in [-0.05, 0) is 54.5 Å². The second-order valence-corrected chi connectivity index (χ2v) is 7.51. The van der Waals surface area contributed by atoms with Crippen molar-refractivity contribution in [1.82, 2.24) is 14.9 Å². The molecule has 4 rings (SSSR count). The third-order valence-electron chi connectivity index (χ3n) is 5.52. The normalized spacial score (nSPS) is 17.2. The molecule has 1 unspecified atom stereocenters. The summed E-state index contributed by atoms with van der Waals surface area (Å²) >= 11 is 0. The number of benzene rings is 1. The Morgan fingerprint density at radius 3 is 2.62 bits per heavy atom. The first kappa shape index (κ1) is 19.1. The molecule has 3 heterocycles. The van der Waals surface area contributed by atoms with Crippen LogP contribution in [0.4, 0.5) is 10.5 Å². The summed E-state index contributed by atoms with van der Waals surface area (Å²) in [4.78, 5) is 23.2. The molecule has 1 N–H and O–H groups in total. The van der Waals surface area contributed by atoms with E-state index in [1.807, 2.05) is 35.5 Å². The molecule has 0 aliphatic carbocycles. The lowest BCUT2D eigenvalue weighted by atomic mass is 9.89. The lowest BCUT2D eigenvalue weighted by Crippen LogP contribution is -2.38. The average Bonchev–Trinajstić information content (AvgIpc) is 2.75. The molecule has 1 atom stereocenters. The first-order valence-electron chi connectivity index (χ1n) is 10.3. The Hall–Kier alpha value is -3.21. The van der Waals surface area contributed by atoms with E-state index in [4.69, 9.17) is 0 Å². The number of rotatable bonds is 3. The number of anilines is 1. The standard InChI is InChI=1S/C24H26N4O/c29-24(27-23-10-6-12-25-18-23)28-13-5-4-9-20(11-14-28)22-15-21(16-26-17-22)19-7-2-1-3-8-19/h1-3,6-8,10,12,15-18,20H,4-5,9,11,13-14H2,(H,27,29). The van der Waals surface area contributed by atoms with Gasteiger partial charge >= 0.3 is 6.03 Å². The molecule has 0 saturated carbocycles. The van der Waals surface area contributed by atoms with Crippen LogP contribution in [0.3, 0.4) is 0 Å². The van der Waals surface area contributed by atoms with Gasteiger partial charge in [-0.25, -0.2) is 4.79 Å². The molecule has 1 aliphatic rings. The van der Waals surface area contributed by atoms with Gasteiger partial charge in [-0.15, -0.1) is 0 Å². The molecule has 2 amide bonds. The molecule has 5 heteroatoms. The van der Waals surface area contributed by atoms with Crippen molar-refractivity contribution >= 4 is 11.7 Å². The molecule has 0 bridgehead atoms. The highest BCUT2D eigenvalue weighted by atomic mass is 16.2. The third kappa shape index (κ3) is 4.99. The summed E-state index contributed by atoms with van der Waals surface area (Å²) in [6.07, 6.45) is 11.5. The highest BCUT2D eigenvalue weighted by Gasteiger charge is 2.21. The van der Waals surface area contributed by atoms with Crippen molar-refractivity contribution in [3.05, 3.63) is 78.9 Å². The second kappa shape index (κ2) is 9.32. The largest absolute Gasteiger partial charge is 0.325 e. The van der Waals surface area contributed by atoms with Gasteiger partial charge in [0, 0.05) is 37.2 Å². The van der Waals surface area contributed by atoms with Crippen LogP contribution in [0.25, 0.3) is 11.1 Å². The summed E-state index contributed by atoms with van der Waals surface area (Å²) in [6.45, 7) is 1.54. The number of nitrogens with one attached hydrogen (secondary N) is 1. The fourth-order valence-electron chi connectivity index (χ4n) is 3.91. The number of hydrogen-bond donors (Lipinski definition) is 1. The van der Waals surface area contributed by atoms with Gasteiger partial charge in [0.15, 0.2) is 0 Å². The van der Waals surface area contributed by atoms with Crippen LogP contribution < -0.4 is 5.32 Å². The molecular formula is C24H26N4O. The smallest absolute Gasteiger partial charge is 0.321 e. The Kier molecular flexibility index (Phi) is 6.15. The molecule has 0 spiro atoms. The molecule has 1 aliphatic heterocycles. The van der Waals surface area contributed by atoms with Crippen LogP contribution >= 0.6 is 0 Å². The lowest BCUT2D eigenvalue weighted by Gasteiger charge is -2.29. The summed E-state index contributed by atoms with van der Waals surface area (Å²) in [7, 11) is 0. The zero-order valence-corrected chi connectivity index (χ0v) is 16.5. The minimum absolute atomic E-state index is 0.0465. The van der Waals surface area contributed by atoms with Gasteiger partial charge in [0.05, 0.1) is 11.9 Å². The molecule has 3 aromatic rings. The first-order valence-corrected chi connectivity index (χ1v) is 10.3. The number of amides is 2. The van der Waals surface area contributed by atoms with E-state index >= 15 is 0 Å². The maximum atomic E-state index is 12.7. The predicted octanol–water partition coefficient (Wildman–Crippen LogP) is 5.34. The number of pyridine rings is 2. The highest BCUT2D eigenvalue weighted by molar-refractivity contribution is 5.89. The Morgan fingerprint density at radius 2 is 1.79 bits per heavy atom. The molecular weight excluding hydrogens is 360 g/mol. The van der Waals surface area contributed by atoms with Crippen LogP contribution in [0.15, 0.2) is 73.3 Å². The predicted molar refractivity (Wildman–Crippen MR) is 116 cm³/mol. The van der Waals surface area contributed by atoms with Crippen LogP contribution in [0.1, 0.15) is 37.2 Å². The van der Waals surface area contributed by atoms with Gasteiger partial charge in [-0.1, -0.05) is 36.8 Å². The average molecular weight is 386 g/mol. The van der Waals surface area contributed by atoms with Crippen LogP contribution in [0.5, 0.6) is 0 Å². The van der Waals surface area contributed by atoms with Crippen LogP contribution in [-0.4, -0.2) is 34.0 Å². The first-order chi connectivity index (χ1) is 14.3. The summed E-state index contributed by atoms with van der Waals surface area (Å²) in [5.74, 6) is 0.417. The minimum atomic E-state index is -0.0465. The fourth-order valence-corrected chi connectivity index (χ4v) is 3.91. The third-order valence-corrected chi connectivity index (χ3v) is 5.52. The van der Waals surface area contributed by atoms with Crippen LogP contribution in [0.2, 0.25) is 0 Å². The number of aromatic nitrogens is 2. The Labute approximate surface area is 171 Å². The zero-order chi connectivity index (χ0) is 19.9. The zero-order valence-electron chi connectivity index (χ0n) is 16.5. The molecule has 1 saturated heterocycles. The maximum Gasteiger partial charge on any atom is 0.321 e. The monoisotopic (exact) mass is 386 g/mol. The van der Waals surface area contributed by atoms with E-state index in [1.165, 1.54) is 11.1 Å². The van der Waals surface area contributed by atoms with E-state index in [0.29, 0.717) is 5.92 Å². The molecule has 1 aromatic carbocycles. The quantitative estimate of drug-likeness (QED) is 0.661. The van der Waals surface area contributed by atoms with Crippen molar-refractivity contribution < 1.29 is 4.79 Å². The van der Waals surface area contributed by atoms with Gasteiger partial charge in [0.25, 0.3) is 0 Å². The maximum absolute atomic E-state index is 12.7. The summed E-state index contributed by atoms with van der Waals surface area (Å²) in [6, 6.07) is 16.3. The molecule has 1 fully saturated rings. The van der Waals surface area contributed by atoms with Gasteiger partial charge in [0.2, 0.25) is 0 Å². The number of nitrogens with zero attached hydrogens (tertiary/aromatic N) is 3. The van der Waals surface area contributed by atoms with Gasteiger partial charge in [0.1, 0.15) is 0 Å². The molecule has 5 nitrogen and oxygen atoms in total. The van der Waals surface area contributed by atoms with E-state index in [0.717, 1.165) is 50.0 Å². The van der Waals surface area contributed by atoms with Crippen LogP contribution in [-0.2, 0) is 0 Å². The van der Waals surface area contributed by atoms with Crippen molar-refractivity contribution in [2.45, 2.75) is 31.6 Å². The van der Waals surface area contributed by atoms with Gasteiger partial charge in [-0.2, -0.15) is 0 Å². The Balaban J connectivity index is 1.44. The van der Waals surface area contributed by atoms with Crippen molar-refractivity contribution in [2.24, 2.45) is 0 Å². The topological polar surface area (TPSA) is 58.1 Å². The lowest BCUT2D eigenvalue weighted by molar-refractivity contribution is 0.203. The van der Waals surface area contributed by atoms with E-state index in [1.54, 1.807) is 12.4 Å². The van der Waals surface area contributed by atoms with E-state index in [9.17, 15) is 4.79 Å². The van der Waals surface area contributed by atoms with E-state index in [2.05, 4.69) is 45.6 Å². The number of hydrogen-bond acceptors (Lipinski definition) is 3. The summed E-state index contributed by atoms with van der Waals surface area (Å²) in [5, 5.41) is 2.96. The van der Waals surface area contributed by atoms with Crippen molar-refractivity contribution in [1.29, 1.82) is 0 Å². The van der Waals surface area contributed by atoms with E-state index in [-0.39, 0.29) is 6.03 Å². The number of carbonyl (C=O) groups excluding carboxylic acids is 1. The van der Waals surface area contributed by atoms with Crippen molar-refractivity contribution in [3.8, 4) is 11.1 Å². The second-order valence-electron chi connectivity index (χ2n) is 7.51. The Bertz CT molecular complexity index is 930. The summed E-state index contributed by atoms with van der Waals surface area (Å²) < 4.78 is 0. The van der Waals surface area contributed by atoms with Crippen molar-refractivity contribution in [3.63, 3.8) is 0 Å². The minimum Gasteiger partial charge on any atom is -0.325 e. The molecule has 0 radical (unpaired) electrons. The number of urea groups is 1. The SMILES string of the molecule is O=C(Nc1cccnc1)N1CCCCC(c2cncc(-c3ccccc3)c2)CC1. The molecule has 2 aromatic heterocycles. The summed E-state index contributed by atoms with van der Waals surface area (Å²) in [5.41, 5.74) is 4.33. The molecule has 29 heavy (non-hydrogen) atoms. The van der Waals surface area contributed by atoms with Gasteiger partial charge < -0.3 is 10.2 Å². The molecule has 148 valence electrons. The number of likely N-dealkylation sites (tertiary alicyclic amines) is 1. The number of carbonyl (C=O) groups is 1. The Morgan fingerprint density at radius 1 is 0.897 bits per heavy atom. The van der Waals surface area contributed by atoms with Crippen LogP contribution in [0, 0.1) is 0 Å². The van der Waals surface area contributed by atoms with E-state index < -0.39 is 0 Å². The fraction of sp³-hybridized carbons (Fsp3) is 0.292. The van der Waals surface area contributed by atoms with Crippen molar-refractivity contribution in [2.75, 3.05) is 18.4 Å².